The summed E-state index contributed by atoms with van der Waals surface area (Å²) in [6, 6.07) is 11.2. The molecule has 1 atom stereocenters. The molecule has 0 aliphatic carbocycles. The van der Waals surface area contributed by atoms with Crippen molar-refractivity contribution in [3.63, 3.8) is 0 Å². The monoisotopic (exact) mass is 398 g/mol. The molecule has 1 aromatic heterocycles. The average molecular weight is 398 g/mol. The van der Waals surface area contributed by atoms with Crippen LogP contribution in [0.15, 0.2) is 40.9 Å². The van der Waals surface area contributed by atoms with Crippen molar-refractivity contribution in [2.24, 2.45) is 5.92 Å². The second kappa shape index (κ2) is 9.36. The summed E-state index contributed by atoms with van der Waals surface area (Å²) in [6.45, 7) is 2.69. The van der Waals surface area contributed by atoms with Crippen molar-refractivity contribution in [1.82, 2.24) is 15.0 Å². The molecule has 0 bridgehead atoms. The standard InChI is InChI=1S/C21H26N4O4/c1-15-11-18(23-29-15)22-19(26)14-24(2)21(28)17-9-6-10-25(13-17)20(27)12-16-7-4-3-5-8-16/h3-5,7-8,11,17H,6,9-10,12-14H2,1-2H3,(H,22,23,26). The quantitative estimate of drug-likeness (QED) is 0.801. The van der Waals surface area contributed by atoms with Crippen LogP contribution in [0.5, 0.6) is 0 Å². The van der Waals surface area contributed by atoms with E-state index in [4.69, 9.17) is 4.52 Å². The van der Waals surface area contributed by atoms with Crippen molar-refractivity contribution in [3.8, 4) is 0 Å². The van der Waals surface area contributed by atoms with Crippen LogP contribution in [0, 0.1) is 12.8 Å². The van der Waals surface area contributed by atoms with Gasteiger partial charge in [0, 0.05) is 26.2 Å². The topological polar surface area (TPSA) is 95.8 Å². The van der Waals surface area contributed by atoms with E-state index in [0.29, 0.717) is 37.5 Å². The first-order valence-electron chi connectivity index (χ1n) is 9.72. The second-order valence-corrected chi connectivity index (χ2v) is 7.41. The SMILES string of the molecule is Cc1cc(NC(=O)CN(C)C(=O)C2CCCN(C(=O)Cc3ccccc3)C2)no1. The van der Waals surface area contributed by atoms with Crippen molar-refractivity contribution < 1.29 is 18.9 Å². The van der Waals surface area contributed by atoms with Crippen molar-refractivity contribution in [3.05, 3.63) is 47.7 Å². The Hall–Kier alpha value is -3.16. The molecule has 29 heavy (non-hydrogen) atoms. The highest BCUT2D eigenvalue weighted by Gasteiger charge is 2.30. The van der Waals surface area contributed by atoms with Gasteiger partial charge in [0.1, 0.15) is 5.76 Å². The largest absolute Gasteiger partial charge is 0.360 e. The number of nitrogens with zero attached hydrogens (tertiary/aromatic N) is 3. The highest BCUT2D eigenvalue weighted by Crippen LogP contribution is 2.19. The number of carbonyl (C=O) groups excluding carboxylic acids is 3. The van der Waals surface area contributed by atoms with E-state index in [1.165, 1.54) is 4.90 Å². The lowest BCUT2D eigenvalue weighted by molar-refractivity contribution is -0.141. The number of hydrogen-bond donors (Lipinski definition) is 1. The van der Waals surface area contributed by atoms with Crippen LogP contribution in [-0.4, -0.2) is 59.4 Å². The lowest BCUT2D eigenvalue weighted by atomic mass is 9.96. The second-order valence-electron chi connectivity index (χ2n) is 7.41. The number of rotatable bonds is 6. The Bertz CT molecular complexity index is 865. The molecule has 1 aliphatic rings. The van der Waals surface area contributed by atoms with Gasteiger partial charge in [-0.05, 0) is 25.3 Å². The van der Waals surface area contributed by atoms with E-state index < -0.39 is 0 Å². The molecule has 0 radical (unpaired) electrons. The van der Waals surface area contributed by atoms with E-state index in [2.05, 4.69) is 10.5 Å². The number of likely N-dealkylation sites (N-methyl/N-ethyl adjacent to an activating group) is 1. The van der Waals surface area contributed by atoms with Gasteiger partial charge in [-0.1, -0.05) is 35.5 Å². The minimum Gasteiger partial charge on any atom is -0.360 e. The number of aromatic nitrogens is 1. The van der Waals surface area contributed by atoms with Gasteiger partial charge in [0.2, 0.25) is 17.7 Å². The number of benzene rings is 1. The van der Waals surface area contributed by atoms with Crippen molar-refractivity contribution >= 4 is 23.5 Å². The Labute approximate surface area is 169 Å². The molecule has 1 saturated heterocycles. The molecular formula is C21H26N4O4. The maximum absolute atomic E-state index is 12.8. The number of aryl methyl sites for hydroxylation is 1. The van der Waals surface area contributed by atoms with Gasteiger partial charge in [-0.15, -0.1) is 0 Å². The van der Waals surface area contributed by atoms with Crippen LogP contribution in [0.3, 0.4) is 0 Å². The van der Waals surface area contributed by atoms with Crippen molar-refractivity contribution in [2.45, 2.75) is 26.2 Å². The van der Waals surface area contributed by atoms with Crippen LogP contribution in [-0.2, 0) is 20.8 Å². The van der Waals surface area contributed by atoms with Gasteiger partial charge in [0.05, 0.1) is 18.9 Å². The number of amides is 3. The van der Waals surface area contributed by atoms with E-state index in [1.54, 1.807) is 24.9 Å². The Morgan fingerprint density at radius 3 is 2.72 bits per heavy atom. The van der Waals surface area contributed by atoms with Crippen LogP contribution in [0.2, 0.25) is 0 Å². The van der Waals surface area contributed by atoms with Gasteiger partial charge in [0.25, 0.3) is 0 Å². The number of likely N-dealkylation sites (tertiary alicyclic amines) is 1. The summed E-state index contributed by atoms with van der Waals surface area (Å²) in [5.74, 6) is 0.164. The Balaban J connectivity index is 1.51. The minimum atomic E-state index is -0.345. The van der Waals surface area contributed by atoms with E-state index in [0.717, 1.165) is 12.0 Å². The molecule has 1 unspecified atom stereocenters. The summed E-state index contributed by atoms with van der Waals surface area (Å²) in [5, 5.41) is 6.31. The molecule has 154 valence electrons. The first-order valence-corrected chi connectivity index (χ1v) is 9.72. The fourth-order valence-corrected chi connectivity index (χ4v) is 3.50. The molecule has 0 saturated carbocycles. The Morgan fingerprint density at radius 1 is 1.28 bits per heavy atom. The van der Waals surface area contributed by atoms with Gasteiger partial charge in [0.15, 0.2) is 5.82 Å². The fraction of sp³-hybridized carbons (Fsp3) is 0.429. The third-order valence-electron chi connectivity index (χ3n) is 4.97. The van der Waals surface area contributed by atoms with E-state index in [1.807, 2.05) is 30.3 Å². The number of hydrogen-bond acceptors (Lipinski definition) is 5. The van der Waals surface area contributed by atoms with Crippen LogP contribution >= 0.6 is 0 Å². The number of anilines is 1. The highest BCUT2D eigenvalue weighted by atomic mass is 16.5. The zero-order chi connectivity index (χ0) is 20.8. The third-order valence-corrected chi connectivity index (χ3v) is 4.97. The zero-order valence-electron chi connectivity index (χ0n) is 16.8. The molecule has 1 fully saturated rings. The first kappa shape index (κ1) is 20.6. The number of piperidine rings is 1. The van der Waals surface area contributed by atoms with Crippen LogP contribution in [0.25, 0.3) is 0 Å². The summed E-state index contributed by atoms with van der Waals surface area (Å²) in [5.41, 5.74) is 0.961. The molecule has 0 spiro atoms. The van der Waals surface area contributed by atoms with Gasteiger partial charge in [-0.25, -0.2) is 0 Å². The van der Waals surface area contributed by atoms with Crippen molar-refractivity contribution in [2.75, 3.05) is 32.0 Å². The minimum absolute atomic E-state index is 0.0236. The Morgan fingerprint density at radius 2 is 2.03 bits per heavy atom. The van der Waals surface area contributed by atoms with Gasteiger partial charge in [-0.2, -0.15) is 0 Å². The van der Waals surface area contributed by atoms with Crippen molar-refractivity contribution in [1.29, 1.82) is 0 Å². The number of carbonyl (C=O) groups is 3. The third kappa shape index (κ3) is 5.66. The van der Waals surface area contributed by atoms with E-state index in [-0.39, 0.29) is 30.2 Å². The zero-order valence-corrected chi connectivity index (χ0v) is 16.8. The molecule has 1 N–H and O–H groups in total. The lowest BCUT2D eigenvalue weighted by Crippen LogP contribution is -2.47. The molecule has 2 aromatic rings. The number of nitrogens with one attached hydrogen (secondary N) is 1. The van der Waals surface area contributed by atoms with Gasteiger partial charge in [-0.3, -0.25) is 14.4 Å². The van der Waals surface area contributed by atoms with Crippen LogP contribution in [0.1, 0.15) is 24.2 Å². The summed E-state index contributed by atoms with van der Waals surface area (Å²) in [7, 11) is 1.60. The molecular weight excluding hydrogens is 372 g/mol. The lowest BCUT2D eigenvalue weighted by Gasteiger charge is -2.34. The summed E-state index contributed by atoms with van der Waals surface area (Å²) >= 11 is 0. The molecule has 2 heterocycles. The molecule has 3 amide bonds. The van der Waals surface area contributed by atoms with Crippen LogP contribution < -0.4 is 5.32 Å². The first-order chi connectivity index (χ1) is 13.9. The maximum atomic E-state index is 12.8. The Kier molecular flexibility index (Phi) is 6.64. The molecule has 1 aliphatic heterocycles. The van der Waals surface area contributed by atoms with E-state index >= 15 is 0 Å². The predicted octanol–water partition coefficient (Wildman–Crippen LogP) is 1.86. The smallest absolute Gasteiger partial charge is 0.245 e. The molecule has 1 aromatic carbocycles. The normalized spacial score (nSPS) is 16.3. The molecule has 8 nitrogen and oxygen atoms in total. The average Bonchev–Trinajstić information content (AvgIpc) is 3.12. The summed E-state index contributed by atoms with van der Waals surface area (Å²) in [4.78, 5) is 40.7. The van der Waals surface area contributed by atoms with Crippen LogP contribution in [0.4, 0.5) is 5.82 Å². The van der Waals surface area contributed by atoms with Gasteiger partial charge < -0.3 is 19.6 Å². The summed E-state index contributed by atoms with van der Waals surface area (Å²) < 4.78 is 4.91. The van der Waals surface area contributed by atoms with Gasteiger partial charge >= 0.3 is 0 Å². The maximum Gasteiger partial charge on any atom is 0.245 e. The van der Waals surface area contributed by atoms with E-state index in [9.17, 15) is 14.4 Å². The molecule has 3 rings (SSSR count). The molecule has 8 heteroatoms. The predicted molar refractivity (Wildman–Crippen MR) is 107 cm³/mol. The fourth-order valence-electron chi connectivity index (χ4n) is 3.50. The highest BCUT2D eigenvalue weighted by molar-refractivity contribution is 5.94. The summed E-state index contributed by atoms with van der Waals surface area (Å²) in [6.07, 6.45) is 1.81.